The lowest BCUT2D eigenvalue weighted by atomic mass is 10.0. The first-order valence-electron chi connectivity index (χ1n) is 11.7. The predicted octanol–water partition coefficient (Wildman–Crippen LogP) is 3.96. The molecule has 0 aliphatic carbocycles. The van der Waals surface area contributed by atoms with E-state index in [1.54, 1.807) is 0 Å². The van der Waals surface area contributed by atoms with Gasteiger partial charge in [0.25, 0.3) is 15.9 Å². The molecule has 0 unspecified atom stereocenters. The highest BCUT2D eigenvalue weighted by Crippen LogP contribution is 2.36. The summed E-state index contributed by atoms with van der Waals surface area (Å²) in [6.45, 7) is -3.90. The lowest BCUT2D eigenvalue weighted by Gasteiger charge is -2.09. The van der Waals surface area contributed by atoms with Crippen LogP contribution in [0.25, 0.3) is 0 Å². The summed E-state index contributed by atoms with van der Waals surface area (Å²) in [6, 6.07) is 3.35. The molecule has 0 saturated carbocycles. The number of sulfonamides is 1. The monoisotopic (exact) mass is 462 g/mol. The number of ether oxygens (including phenoxy) is 2. The molecule has 1 aliphatic heterocycles. The molecule has 29 heavy (non-hydrogen) atoms. The quantitative estimate of drug-likeness (QED) is 0.552. The molecule has 3 heterocycles. The molecule has 1 aliphatic rings. The fourth-order valence-corrected chi connectivity index (χ4v) is 4.80. The van der Waals surface area contributed by atoms with Gasteiger partial charge in [-0.25, -0.2) is 13.1 Å². The average Bonchev–Trinajstić information content (AvgIpc) is 3.47. The maximum absolute atomic E-state index is 13.3. The minimum Gasteiger partial charge on any atom is -0.454 e. The molecule has 0 radical (unpaired) electrons. The lowest BCUT2D eigenvalue weighted by molar-refractivity contribution is 0.0994. The number of thiophene rings is 1. The summed E-state index contributed by atoms with van der Waals surface area (Å²) in [6.07, 6.45) is -2.82. The summed E-state index contributed by atoms with van der Waals surface area (Å²) in [7, 11) is -4.93. The van der Waals surface area contributed by atoms with Crippen LogP contribution in [0, 0.1) is 13.8 Å². The van der Waals surface area contributed by atoms with Crippen molar-refractivity contribution in [3.05, 3.63) is 50.3 Å². The molecule has 8 nitrogen and oxygen atoms in total. The van der Waals surface area contributed by atoms with Crippen LogP contribution in [0.4, 0.5) is 5.88 Å². The summed E-state index contributed by atoms with van der Waals surface area (Å²) >= 11 is 6.49. The number of nitrogens with one attached hydrogen (secondary N) is 1. The van der Waals surface area contributed by atoms with E-state index in [2.05, 4.69) is 9.68 Å². The minimum absolute atomic E-state index is 0.000834. The normalized spacial score (nSPS) is 19.7. The molecule has 0 atom stereocenters. The molecule has 0 amide bonds. The van der Waals surface area contributed by atoms with Crippen LogP contribution >= 0.6 is 22.9 Å². The molecule has 0 saturated heterocycles. The highest BCUT2D eigenvalue weighted by molar-refractivity contribution is 7.93. The van der Waals surface area contributed by atoms with E-state index in [1.807, 2.05) is 0 Å². The number of halogens is 1. The van der Waals surface area contributed by atoms with Crippen LogP contribution in [0.15, 0.2) is 33.0 Å². The number of fused-ring (bicyclic) bond motifs is 1. The van der Waals surface area contributed by atoms with Crippen molar-refractivity contribution in [3.63, 3.8) is 0 Å². The third-order valence-electron chi connectivity index (χ3n) is 3.78. The van der Waals surface area contributed by atoms with E-state index in [-0.39, 0.29) is 27.3 Å². The van der Waals surface area contributed by atoms with Gasteiger partial charge in [0.1, 0.15) is 18.4 Å². The number of aryl methyl sites for hydroxylation is 2. The van der Waals surface area contributed by atoms with Gasteiger partial charge in [0.2, 0.25) is 6.75 Å². The molecule has 1 aromatic carbocycles. The van der Waals surface area contributed by atoms with Crippen molar-refractivity contribution in [2.24, 2.45) is 0 Å². The second-order valence-electron chi connectivity index (χ2n) is 5.69. The summed E-state index contributed by atoms with van der Waals surface area (Å²) in [4.78, 5) is 12.0. The van der Waals surface area contributed by atoms with Crippen molar-refractivity contribution in [3.8, 4) is 11.5 Å². The Labute approximate surface area is 186 Å². The zero-order valence-electron chi connectivity index (χ0n) is 22.3. The zero-order valence-corrected chi connectivity index (χ0v) is 16.7. The number of Topliss-reactive ketones (excluding diaryl/α,β-unsaturated/α-hetero) is 1. The number of hydrogen-bond donors (Lipinski definition) is 1. The first-order valence-corrected chi connectivity index (χ1v) is 10.4. The van der Waals surface area contributed by atoms with Gasteiger partial charge in [-0.3, -0.25) is 4.79 Å². The van der Waals surface area contributed by atoms with Gasteiger partial charge in [-0.1, -0.05) is 16.8 Å². The zero-order chi connectivity index (χ0) is 27.7. The van der Waals surface area contributed by atoms with E-state index in [0.717, 1.165) is 12.1 Å². The van der Waals surface area contributed by atoms with Crippen LogP contribution in [-0.4, -0.2) is 26.1 Å². The molecule has 4 rings (SSSR count). The van der Waals surface area contributed by atoms with Gasteiger partial charge in [0.05, 0.1) is 4.88 Å². The standard InChI is InChI=1S/C18H15ClN2O6S2/c1-9-5-13-14(26-8-25-13)7-11(9)6-12(22)17-15(3-4-28-17)29(23,24)21-18-16(19)10(2)20-27-18/h3-5,7,21H,6,8H2,1-2H3/i2D3,6D2,8D2/hD. The lowest BCUT2D eigenvalue weighted by Crippen LogP contribution is -2.16. The SMILES string of the molecule is [2H]N(c1onc(C([2H])([2H])[2H])c1Cl)S(=O)(=O)c1ccsc1C(=O)C([2H])([2H])c1cc2c(cc1C)OC([2H])([2H])O2. The molecular weight excluding hydrogens is 440 g/mol. The van der Waals surface area contributed by atoms with E-state index in [4.69, 9.17) is 32.1 Å². The average molecular weight is 463 g/mol. The van der Waals surface area contributed by atoms with Crippen LogP contribution in [0.2, 0.25) is 6.43 Å². The Morgan fingerprint density at radius 2 is 2.24 bits per heavy atom. The van der Waals surface area contributed by atoms with Crippen LogP contribution < -0.4 is 14.2 Å². The molecule has 3 aromatic rings. The van der Waals surface area contributed by atoms with Gasteiger partial charge >= 0.3 is 0 Å². The first kappa shape index (κ1) is 12.2. The van der Waals surface area contributed by atoms with Gasteiger partial charge in [0, 0.05) is 13.2 Å². The molecule has 152 valence electrons. The van der Waals surface area contributed by atoms with Gasteiger partial charge in [0.15, 0.2) is 18.7 Å². The molecular formula is C18H15ClN2O6S2. The predicted molar refractivity (Wildman–Crippen MR) is 107 cm³/mol. The van der Waals surface area contributed by atoms with Crippen molar-refractivity contribution < 1.29 is 38.2 Å². The smallest absolute Gasteiger partial charge is 0.265 e. The molecule has 11 heteroatoms. The highest BCUT2D eigenvalue weighted by atomic mass is 35.5. The van der Waals surface area contributed by atoms with E-state index >= 15 is 0 Å². The van der Waals surface area contributed by atoms with Crippen molar-refractivity contribution in [1.29, 1.82) is 0 Å². The number of nitrogens with zero attached hydrogens (tertiary/aromatic N) is 1. The third kappa shape index (κ3) is 3.70. The Kier molecular flexibility index (Phi) is 3.10. The Morgan fingerprint density at radius 1 is 1.48 bits per heavy atom. The van der Waals surface area contributed by atoms with Crippen molar-refractivity contribution in [2.45, 2.75) is 25.0 Å². The van der Waals surface area contributed by atoms with Gasteiger partial charge in [-0.15, -0.1) is 11.3 Å². The number of ketones is 1. The summed E-state index contributed by atoms with van der Waals surface area (Å²) < 4.78 is 103. The number of anilines is 1. The molecule has 1 N–H and O–H groups in total. The maximum Gasteiger partial charge on any atom is 0.265 e. The van der Waals surface area contributed by atoms with E-state index in [9.17, 15) is 13.2 Å². The van der Waals surface area contributed by atoms with Crippen LogP contribution in [0.5, 0.6) is 11.5 Å². The van der Waals surface area contributed by atoms with Gasteiger partial charge < -0.3 is 14.0 Å². The Bertz CT molecular complexity index is 1520. The Hall–Kier alpha value is -2.56. The van der Waals surface area contributed by atoms with Gasteiger partial charge in [-0.05, 0) is 48.5 Å². The van der Waals surface area contributed by atoms with Crippen molar-refractivity contribution in [2.75, 3.05) is 11.5 Å². The Balaban J connectivity index is 1.72. The summed E-state index contributed by atoms with van der Waals surface area (Å²) in [5, 5.41) is 3.67. The van der Waals surface area contributed by atoms with E-state index in [0.29, 0.717) is 11.3 Å². The maximum atomic E-state index is 13.3. The number of aromatic nitrogens is 1. The second kappa shape index (κ2) is 7.36. The van der Waals surface area contributed by atoms with Crippen molar-refractivity contribution >= 4 is 44.6 Å². The van der Waals surface area contributed by atoms with Crippen LogP contribution in [0.3, 0.4) is 0 Å². The minimum atomic E-state index is -4.93. The molecule has 0 bridgehead atoms. The topological polar surface area (TPSA) is 108 Å². The van der Waals surface area contributed by atoms with Crippen LogP contribution in [0.1, 0.15) is 36.1 Å². The number of carbonyl (C=O) groups is 1. The second-order valence-corrected chi connectivity index (χ2v) is 8.55. The fourth-order valence-electron chi connectivity index (χ4n) is 2.40. The third-order valence-corrected chi connectivity index (χ3v) is 6.46. The van der Waals surface area contributed by atoms with Crippen LogP contribution in [-0.2, 0) is 16.4 Å². The molecule has 0 fully saturated rings. The first-order chi connectivity index (χ1) is 16.9. The van der Waals surface area contributed by atoms with E-state index < -0.39 is 62.1 Å². The Morgan fingerprint density at radius 3 is 2.97 bits per heavy atom. The number of benzene rings is 1. The fraction of sp³-hybridized carbons (Fsp3) is 0.222. The molecule has 0 spiro atoms. The summed E-state index contributed by atoms with van der Waals surface area (Å²) in [5.41, 5.74) is -0.790. The largest absolute Gasteiger partial charge is 0.454 e. The number of rotatable bonds is 6. The van der Waals surface area contributed by atoms with Crippen molar-refractivity contribution in [1.82, 2.24) is 5.16 Å². The van der Waals surface area contributed by atoms with Gasteiger partial charge in [-0.2, -0.15) is 0 Å². The van der Waals surface area contributed by atoms with E-state index in [1.165, 1.54) is 18.4 Å². The summed E-state index contributed by atoms with van der Waals surface area (Å²) in [5.74, 6) is -2.35. The molecule has 2 aromatic heterocycles. The number of hydrogen-bond acceptors (Lipinski definition) is 8. The number of carbonyl (C=O) groups excluding carboxylic acids is 1. The highest BCUT2D eigenvalue weighted by Gasteiger charge is 2.27.